The zero-order valence-electron chi connectivity index (χ0n) is 14.4. The monoisotopic (exact) mass is 397 g/mol. The zero-order valence-corrected chi connectivity index (χ0v) is 15.2. The topological polar surface area (TPSA) is 78.9 Å². The lowest BCUT2D eigenvalue weighted by molar-refractivity contribution is -0.00120. The Balaban J connectivity index is 1.41. The van der Waals surface area contributed by atoms with Gasteiger partial charge in [-0.15, -0.1) is 5.10 Å². The first-order valence-corrected chi connectivity index (χ1v) is 8.94. The maximum Gasteiger partial charge on any atom is 0.280 e. The lowest BCUT2D eigenvalue weighted by atomic mass is 10.1. The van der Waals surface area contributed by atoms with Gasteiger partial charge in [0.25, 0.3) is 5.89 Å². The Hall–Kier alpha value is -3.10. The Morgan fingerprint density at radius 2 is 1.86 bits per heavy atom. The van der Waals surface area contributed by atoms with Gasteiger partial charge in [-0.25, -0.2) is 9.07 Å². The van der Waals surface area contributed by atoms with Crippen LogP contribution in [0.2, 0.25) is 5.02 Å². The Bertz CT molecular complexity index is 1120. The van der Waals surface area contributed by atoms with Crippen molar-refractivity contribution in [1.82, 2.24) is 25.1 Å². The van der Waals surface area contributed by atoms with Gasteiger partial charge in [-0.2, -0.15) is 4.98 Å². The molecule has 140 valence electrons. The first kappa shape index (κ1) is 17.0. The van der Waals surface area contributed by atoms with Crippen molar-refractivity contribution in [2.45, 2.75) is 19.3 Å². The molecule has 28 heavy (non-hydrogen) atoms. The third-order valence-corrected chi connectivity index (χ3v) is 4.82. The summed E-state index contributed by atoms with van der Waals surface area (Å²) in [6.07, 6.45) is -0.227. The summed E-state index contributed by atoms with van der Waals surface area (Å²) < 4.78 is 26.2. The molecule has 1 aliphatic heterocycles. The number of hydrogen-bond acceptors (Lipinski definition) is 6. The van der Waals surface area contributed by atoms with Crippen LogP contribution in [0.5, 0.6) is 0 Å². The highest BCUT2D eigenvalue weighted by atomic mass is 35.5. The van der Waals surface area contributed by atoms with Gasteiger partial charge in [-0.3, -0.25) is 0 Å². The summed E-state index contributed by atoms with van der Waals surface area (Å²) >= 11 is 5.91. The van der Waals surface area contributed by atoms with Gasteiger partial charge in [0.1, 0.15) is 11.9 Å². The lowest BCUT2D eigenvalue weighted by Crippen LogP contribution is -2.22. The van der Waals surface area contributed by atoms with Crippen LogP contribution in [0, 0.1) is 5.82 Å². The molecule has 7 nitrogen and oxygen atoms in total. The van der Waals surface area contributed by atoms with Crippen molar-refractivity contribution in [3.8, 4) is 23.0 Å². The summed E-state index contributed by atoms with van der Waals surface area (Å²) in [6, 6.07) is 13.4. The fourth-order valence-electron chi connectivity index (χ4n) is 3.09. The van der Waals surface area contributed by atoms with E-state index in [0.29, 0.717) is 23.1 Å². The molecule has 1 aliphatic rings. The number of rotatable bonds is 3. The van der Waals surface area contributed by atoms with Gasteiger partial charge in [0, 0.05) is 10.6 Å². The summed E-state index contributed by atoms with van der Waals surface area (Å²) in [4.78, 5) is 4.41. The maximum absolute atomic E-state index is 13.1. The molecule has 2 aromatic heterocycles. The van der Waals surface area contributed by atoms with Gasteiger partial charge >= 0.3 is 0 Å². The van der Waals surface area contributed by atoms with Crippen LogP contribution in [-0.2, 0) is 17.9 Å². The van der Waals surface area contributed by atoms with Crippen LogP contribution in [0.3, 0.4) is 0 Å². The predicted octanol–water partition coefficient (Wildman–Crippen LogP) is 4.06. The van der Waals surface area contributed by atoms with E-state index in [-0.39, 0.29) is 24.4 Å². The van der Waals surface area contributed by atoms with Gasteiger partial charge in [0.05, 0.1) is 18.8 Å². The molecule has 9 heteroatoms. The standard InChI is InChI=1S/C19H13ClFN5O2/c20-13-5-1-12(2-6-13)18-22-19(28-24-18)17-15-10-27-16(9-26(15)25-23-17)11-3-7-14(21)8-4-11/h1-8,16H,9-10H2/t16-/m1/s1. The second kappa shape index (κ2) is 6.81. The maximum atomic E-state index is 13.1. The van der Waals surface area contributed by atoms with Crippen LogP contribution in [0.1, 0.15) is 17.4 Å². The van der Waals surface area contributed by atoms with Crippen molar-refractivity contribution in [1.29, 1.82) is 0 Å². The minimum atomic E-state index is -0.281. The second-order valence-corrected chi connectivity index (χ2v) is 6.78. The Morgan fingerprint density at radius 3 is 2.64 bits per heavy atom. The first-order chi connectivity index (χ1) is 13.7. The molecule has 0 unspecified atom stereocenters. The van der Waals surface area contributed by atoms with Crippen LogP contribution >= 0.6 is 11.6 Å². The zero-order chi connectivity index (χ0) is 19.1. The third-order valence-electron chi connectivity index (χ3n) is 4.57. The Morgan fingerprint density at radius 1 is 1.07 bits per heavy atom. The highest BCUT2D eigenvalue weighted by molar-refractivity contribution is 6.30. The summed E-state index contributed by atoms with van der Waals surface area (Å²) in [7, 11) is 0. The van der Waals surface area contributed by atoms with E-state index in [1.807, 2.05) is 12.1 Å². The number of hydrogen-bond donors (Lipinski definition) is 0. The molecule has 0 bridgehead atoms. The van der Waals surface area contributed by atoms with Crippen LogP contribution in [-0.4, -0.2) is 25.1 Å². The van der Waals surface area contributed by atoms with Crippen molar-refractivity contribution >= 4 is 11.6 Å². The molecule has 0 N–H and O–H groups in total. The SMILES string of the molecule is Fc1ccc([C@H]2Cn3nnc(-c4nc(-c5ccc(Cl)cc5)no4)c3CO2)cc1. The summed E-state index contributed by atoms with van der Waals surface area (Å²) in [5.41, 5.74) is 2.91. The van der Waals surface area contributed by atoms with Crippen molar-refractivity contribution < 1.29 is 13.7 Å². The van der Waals surface area contributed by atoms with E-state index < -0.39 is 0 Å². The highest BCUT2D eigenvalue weighted by Crippen LogP contribution is 2.31. The minimum Gasteiger partial charge on any atom is -0.365 e. The van der Waals surface area contributed by atoms with Crippen molar-refractivity contribution in [3.63, 3.8) is 0 Å². The fraction of sp³-hybridized carbons (Fsp3) is 0.158. The molecular weight excluding hydrogens is 385 g/mol. The molecule has 0 amide bonds. The average molecular weight is 398 g/mol. The Kier molecular flexibility index (Phi) is 4.14. The van der Waals surface area contributed by atoms with Gasteiger partial charge in [0.15, 0.2) is 5.69 Å². The molecule has 0 aliphatic carbocycles. The molecular formula is C19H13ClFN5O2. The van der Waals surface area contributed by atoms with Crippen LogP contribution in [0.15, 0.2) is 53.1 Å². The van der Waals surface area contributed by atoms with Crippen molar-refractivity contribution in [2.75, 3.05) is 0 Å². The van der Waals surface area contributed by atoms with Gasteiger partial charge < -0.3 is 9.26 Å². The van der Waals surface area contributed by atoms with Crippen LogP contribution < -0.4 is 0 Å². The molecule has 0 saturated carbocycles. The molecule has 4 aromatic rings. The van der Waals surface area contributed by atoms with E-state index >= 15 is 0 Å². The molecule has 1 atom stereocenters. The van der Waals surface area contributed by atoms with E-state index in [1.165, 1.54) is 12.1 Å². The third kappa shape index (κ3) is 3.06. The highest BCUT2D eigenvalue weighted by Gasteiger charge is 2.28. The number of ether oxygens (including phenoxy) is 1. The van der Waals surface area contributed by atoms with E-state index in [4.69, 9.17) is 20.9 Å². The van der Waals surface area contributed by atoms with Crippen LogP contribution in [0.4, 0.5) is 4.39 Å². The minimum absolute atomic E-state index is 0.227. The van der Waals surface area contributed by atoms with E-state index in [1.54, 1.807) is 28.9 Å². The van der Waals surface area contributed by atoms with E-state index in [9.17, 15) is 4.39 Å². The largest absolute Gasteiger partial charge is 0.365 e. The smallest absolute Gasteiger partial charge is 0.280 e. The number of nitrogens with zero attached hydrogens (tertiary/aromatic N) is 5. The van der Waals surface area contributed by atoms with Gasteiger partial charge in [0.2, 0.25) is 5.82 Å². The van der Waals surface area contributed by atoms with E-state index in [0.717, 1.165) is 16.8 Å². The quantitative estimate of drug-likeness (QED) is 0.518. The number of halogens is 2. The molecule has 0 radical (unpaired) electrons. The lowest BCUT2D eigenvalue weighted by Gasteiger charge is -2.24. The normalized spacial score (nSPS) is 16.1. The molecule has 0 spiro atoms. The summed E-state index contributed by atoms with van der Waals surface area (Å²) in [6.45, 7) is 0.745. The van der Waals surface area contributed by atoms with E-state index in [2.05, 4.69) is 20.5 Å². The average Bonchev–Trinajstić information content (AvgIpc) is 3.35. The van der Waals surface area contributed by atoms with Gasteiger partial charge in [-0.05, 0) is 42.0 Å². The molecule has 2 aromatic carbocycles. The number of benzene rings is 2. The molecule has 5 rings (SSSR count). The molecule has 0 saturated heterocycles. The van der Waals surface area contributed by atoms with Crippen LogP contribution in [0.25, 0.3) is 23.0 Å². The fourth-order valence-corrected chi connectivity index (χ4v) is 3.22. The van der Waals surface area contributed by atoms with Crippen molar-refractivity contribution in [2.24, 2.45) is 0 Å². The second-order valence-electron chi connectivity index (χ2n) is 6.35. The molecule has 0 fully saturated rings. The summed E-state index contributed by atoms with van der Waals surface area (Å²) in [5, 5.41) is 13.0. The number of aromatic nitrogens is 5. The predicted molar refractivity (Wildman–Crippen MR) is 97.7 cm³/mol. The Labute approximate surface area is 163 Å². The number of fused-ring (bicyclic) bond motifs is 1. The first-order valence-electron chi connectivity index (χ1n) is 8.57. The molecule has 3 heterocycles. The summed E-state index contributed by atoms with van der Waals surface area (Å²) in [5.74, 6) is 0.431. The van der Waals surface area contributed by atoms with Crippen molar-refractivity contribution in [3.05, 3.63) is 70.6 Å². The van der Waals surface area contributed by atoms with Gasteiger partial charge in [-0.1, -0.05) is 34.1 Å².